The zero-order valence-corrected chi connectivity index (χ0v) is 21.0. The topological polar surface area (TPSA) is 120 Å². The van der Waals surface area contributed by atoms with Crippen LogP contribution in [0.5, 0.6) is 0 Å². The molecule has 38 heavy (non-hydrogen) atoms. The van der Waals surface area contributed by atoms with Crippen molar-refractivity contribution >= 4 is 28.2 Å². The maximum atomic E-state index is 13.6. The summed E-state index contributed by atoms with van der Waals surface area (Å²) in [6.45, 7) is 2.02. The lowest BCUT2D eigenvalue weighted by molar-refractivity contribution is 0.519. The molecule has 1 saturated carbocycles. The average Bonchev–Trinajstić information content (AvgIpc) is 3.35. The van der Waals surface area contributed by atoms with Gasteiger partial charge >= 0.3 is 0 Å². The molecule has 0 amide bonds. The Kier molecular flexibility index (Phi) is 4.43. The highest BCUT2D eigenvalue weighted by Crippen LogP contribution is 2.61. The fourth-order valence-corrected chi connectivity index (χ4v) is 6.17. The number of H-pyrrole nitrogens is 1. The average molecular weight is 522 g/mol. The van der Waals surface area contributed by atoms with E-state index in [4.69, 9.17) is 21.6 Å². The lowest BCUT2D eigenvalue weighted by Crippen LogP contribution is -2.27. The molecule has 11 heteroatoms. The van der Waals surface area contributed by atoms with E-state index in [0.717, 1.165) is 45.7 Å². The summed E-state index contributed by atoms with van der Waals surface area (Å²) in [7, 11) is 0. The third kappa shape index (κ3) is 3.16. The SMILES string of the molecule is Cc1[nH]nc2cc(C3=NC=C(C4C5CC5c5nc(-c6cc(Cl)ccc6-n6cnnn6)cc(=O)n54)C3)ccc12. The second kappa shape index (κ2) is 7.78. The van der Waals surface area contributed by atoms with Crippen molar-refractivity contribution in [3.63, 3.8) is 0 Å². The number of aromatic nitrogens is 8. The Bertz CT molecular complexity index is 1900. The molecule has 3 aliphatic rings. The summed E-state index contributed by atoms with van der Waals surface area (Å²) < 4.78 is 3.42. The van der Waals surface area contributed by atoms with Crippen LogP contribution in [0.4, 0.5) is 0 Å². The number of hydrogen-bond acceptors (Lipinski definition) is 7. The molecule has 2 aromatic carbocycles. The molecule has 8 rings (SSSR count). The molecule has 3 unspecified atom stereocenters. The van der Waals surface area contributed by atoms with E-state index in [-0.39, 0.29) is 17.5 Å². The molecule has 1 N–H and O–H groups in total. The van der Waals surface area contributed by atoms with Gasteiger partial charge in [-0.2, -0.15) is 9.78 Å². The van der Waals surface area contributed by atoms with Crippen molar-refractivity contribution in [2.75, 3.05) is 0 Å². The molecule has 1 aliphatic carbocycles. The van der Waals surface area contributed by atoms with Crippen LogP contribution in [0.25, 0.3) is 27.8 Å². The molecule has 2 aliphatic heterocycles. The van der Waals surface area contributed by atoms with Crippen molar-refractivity contribution in [2.45, 2.75) is 31.7 Å². The third-order valence-corrected chi connectivity index (χ3v) is 8.12. The van der Waals surface area contributed by atoms with Gasteiger partial charge in [-0.25, -0.2) is 4.98 Å². The maximum Gasteiger partial charge on any atom is 0.254 e. The van der Waals surface area contributed by atoms with Gasteiger partial charge in [0.05, 0.1) is 28.7 Å². The van der Waals surface area contributed by atoms with Gasteiger partial charge in [0.1, 0.15) is 12.2 Å². The first-order valence-corrected chi connectivity index (χ1v) is 12.8. The van der Waals surface area contributed by atoms with Gasteiger partial charge in [0.2, 0.25) is 0 Å². The number of tetrazole rings is 1. The fraction of sp³-hybridized carbons (Fsp3) is 0.222. The van der Waals surface area contributed by atoms with Gasteiger partial charge in [-0.1, -0.05) is 23.7 Å². The Balaban J connectivity index is 1.14. The number of nitrogens with one attached hydrogen (secondary N) is 1. The maximum absolute atomic E-state index is 13.6. The molecule has 0 radical (unpaired) electrons. The molecule has 5 aromatic rings. The van der Waals surface area contributed by atoms with Gasteiger partial charge in [0, 0.05) is 46.3 Å². The largest absolute Gasteiger partial charge is 0.289 e. The smallest absolute Gasteiger partial charge is 0.254 e. The van der Waals surface area contributed by atoms with Crippen molar-refractivity contribution < 1.29 is 0 Å². The van der Waals surface area contributed by atoms with Crippen molar-refractivity contribution in [2.24, 2.45) is 10.9 Å². The van der Waals surface area contributed by atoms with Crippen LogP contribution in [0.2, 0.25) is 5.02 Å². The van der Waals surface area contributed by atoms with Crippen molar-refractivity contribution in [3.8, 4) is 16.9 Å². The first-order valence-electron chi connectivity index (χ1n) is 12.4. The minimum atomic E-state index is -0.0763. The van der Waals surface area contributed by atoms with E-state index in [1.54, 1.807) is 22.9 Å². The minimum Gasteiger partial charge on any atom is -0.289 e. The van der Waals surface area contributed by atoms with Crippen LogP contribution in [0, 0.1) is 12.8 Å². The molecule has 3 aromatic heterocycles. The van der Waals surface area contributed by atoms with Crippen LogP contribution in [-0.4, -0.2) is 45.7 Å². The van der Waals surface area contributed by atoms with Crippen LogP contribution < -0.4 is 5.56 Å². The summed E-state index contributed by atoms with van der Waals surface area (Å²) >= 11 is 6.33. The third-order valence-electron chi connectivity index (χ3n) is 7.88. The van der Waals surface area contributed by atoms with Crippen LogP contribution in [0.1, 0.15) is 41.9 Å². The molecular formula is C27H20ClN9O. The summed E-state index contributed by atoms with van der Waals surface area (Å²) in [4.78, 5) is 23.3. The summed E-state index contributed by atoms with van der Waals surface area (Å²) in [6.07, 6.45) is 5.17. The fourth-order valence-electron chi connectivity index (χ4n) is 5.99. The van der Waals surface area contributed by atoms with Gasteiger partial charge in [0.15, 0.2) is 0 Å². The monoisotopic (exact) mass is 521 g/mol. The van der Waals surface area contributed by atoms with E-state index in [2.05, 4.69) is 43.9 Å². The molecule has 1 fully saturated rings. The Morgan fingerprint density at radius 2 is 2.05 bits per heavy atom. The molecule has 5 heterocycles. The second-order valence-electron chi connectivity index (χ2n) is 10.1. The zero-order chi connectivity index (χ0) is 25.5. The van der Waals surface area contributed by atoms with Gasteiger partial charge in [-0.15, -0.1) is 5.10 Å². The molecule has 10 nitrogen and oxygen atoms in total. The van der Waals surface area contributed by atoms with E-state index < -0.39 is 0 Å². The quantitative estimate of drug-likeness (QED) is 0.379. The van der Waals surface area contributed by atoms with Crippen LogP contribution >= 0.6 is 11.6 Å². The highest BCUT2D eigenvalue weighted by atomic mass is 35.5. The summed E-state index contributed by atoms with van der Waals surface area (Å²) in [6, 6.07) is 13.2. The Morgan fingerprint density at radius 1 is 1.13 bits per heavy atom. The van der Waals surface area contributed by atoms with Crippen LogP contribution in [0.3, 0.4) is 0 Å². The number of aryl methyl sites for hydroxylation is 1. The normalized spacial score (nSPS) is 21.4. The van der Waals surface area contributed by atoms with Gasteiger partial charge in [0.25, 0.3) is 5.56 Å². The minimum absolute atomic E-state index is 0.0278. The first-order chi connectivity index (χ1) is 18.5. The lowest BCUT2D eigenvalue weighted by atomic mass is 9.96. The van der Waals surface area contributed by atoms with Gasteiger partial charge in [-0.05, 0) is 65.1 Å². The number of aliphatic imine (C=N–C) groups is 1. The highest BCUT2D eigenvalue weighted by molar-refractivity contribution is 6.31. The number of rotatable bonds is 4. The number of benzene rings is 2. The molecule has 0 bridgehead atoms. The van der Waals surface area contributed by atoms with Crippen molar-refractivity contribution in [1.29, 1.82) is 0 Å². The molecule has 186 valence electrons. The lowest BCUT2D eigenvalue weighted by Gasteiger charge is -2.19. The standard InChI is InChI=1S/C27H20ClN9O/c1-13-17-4-2-14(6-23(17)33-32-13)21-7-15(11-29-21)26-18-9-19(18)27-31-22(10-25(38)37(26)27)20-8-16(28)3-5-24(20)36-12-30-34-35-36/h2-6,8,10-12,18-19,26H,7,9H2,1H3,(H,32,33). The molecule has 0 saturated heterocycles. The Labute approximate surface area is 220 Å². The van der Waals surface area contributed by atoms with Crippen molar-refractivity contribution in [1.82, 2.24) is 40.0 Å². The van der Waals surface area contributed by atoms with E-state index in [1.807, 2.05) is 23.8 Å². The Morgan fingerprint density at radius 3 is 2.92 bits per heavy atom. The predicted octanol–water partition coefficient (Wildman–Crippen LogP) is 4.16. The second-order valence-corrected chi connectivity index (χ2v) is 10.5. The van der Waals surface area contributed by atoms with Crippen LogP contribution in [0.15, 0.2) is 70.4 Å². The van der Waals surface area contributed by atoms with E-state index in [0.29, 0.717) is 34.3 Å². The summed E-state index contributed by atoms with van der Waals surface area (Å²) in [5.74, 6) is 1.45. The van der Waals surface area contributed by atoms with E-state index in [9.17, 15) is 4.79 Å². The van der Waals surface area contributed by atoms with Crippen LogP contribution in [-0.2, 0) is 0 Å². The highest BCUT2D eigenvalue weighted by Gasteiger charge is 2.55. The number of fused-ring (bicyclic) bond motifs is 4. The molecular weight excluding hydrogens is 502 g/mol. The van der Waals surface area contributed by atoms with E-state index in [1.165, 1.54) is 6.33 Å². The number of nitrogens with zero attached hydrogens (tertiary/aromatic N) is 8. The first kappa shape index (κ1) is 21.6. The van der Waals surface area contributed by atoms with Crippen molar-refractivity contribution in [3.05, 3.63) is 93.0 Å². The predicted molar refractivity (Wildman–Crippen MR) is 142 cm³/mol. The number of allylic oxidation sites excluding steroid dienone is 1. The number of hydrogen-bond donors (Lipinski definition) is 1. The zero-order valence-electron chi connectivity index (χ0n) is 20.2. The summed E-state index contributed by atoms with van der Waals surface area (Å²) in [5, 5.41) is 20.6. The Hall–Kier alpha value is -4.44. The molecule has 0 spiro atoms. The van der Waals surface area contributed by atoms with E-state index >= 15 is 0 Å². The summed E-state index contributed by atoms with van der Waals surface area (Å²) in [5.41, 5.74) is 7.09. The molecule has 3 atom stereocenters. The van der Waals surface area contributed by atoms with Gasteiger partial charge in [-0.3, -0.25) is 19.5 Å². The number of aromatic amines is 1. The number of halogens is 1. The van der Waals surface area contributed by atoms with Gasteiger partial charge < -0.3 is 0 Å².